The van der Waals surface area contributed by atoms with Crippen LogP contribution in [0.15, 0.2) is 36.5 Å². The van der Waals surface area contributed by atoms with Crippen molar-refractivity contribution in [1.29, 1.82) is 0 Å². The molecule has 0 spiro atoms. The Morgan fingerprint density at radius 3 is 2.92 bits per heavy atom. The maximum atomic E-state index is 11.9. The molecule has 0 saturated heterocycles. The normalized spacial score (nSPS) is 20.0. The minimum Gasteiger partial charge on any atom is -0.356 e. The Hall–Kier alpha value is -2.14. The monoisotopic (exact) mass is 352 g/mol. The SMILES string of the molecule is Cc1ccccc1CN1Cc2ccnn2[C@H](CCNC(=O)CC2CC2)C1. The highest BCUT2D eigenvalue weighted by molar-refractivity contribution is 5.76. The highest BCUT2D eigenvalue weighted by atomic mass is 16.1. The van der Waals surface area contributed by atoms with Crippen molar-refractivity contribution < 1.29 is 4.79 Å². The number of hydrogen-bond donors (Lipinski definition) is 1. The number of aromatic nitrogens is 2. The Bertz CT molecular complexity index is 765. The van der Waals surface area contributed by atoms with Gasteiger partial charge in [-0.3, -0.25) is 14.4 Å². The number of benzene rings is 1. The summed E-state index contributed by atoms with van der Waals surface area (Å²) in [7, 11) is 0. The van der Waals surface area contributed by atoms with E-state index < -0.39 is 0 Å². The zero-order valence-corrected chi connectivity index (χ0v) is 15.5. The first-order chi connectivity index (χ1) is 12.7. The molecule has 2 heterocycles. The van der Waals surface area contributed by atoms with Crippen LogP contribution in [-0.2, 0) is 17.9 Å². The summed E-state index contributed by atoms with van der Waals surface area (Å²) in [6.45, 7) is 5.77. The minimum atomic E-state index is 0.209. The fourth-order valence-corrected chi connectivity index (χ4v) is 3.86. The predicted molar refractivity (Wildman–Crippen MR) is 102 cm³/mol. The smallest absolute Gasteiger partial charge is 0.220 e. The number of fused-ring (bicyclic) bond motifs is 1. The van der Waals surface area contributed by atoms with Crippen molar-refractivity contribution in [3.05, 3.63) is 53.3 Å². The van der Waals surface area contributed by atoms with Crippen LogP contribution in [0.5, 0.6) is 0 Å². The van der Waals surface area contributed by atoms with Crippen LogP contribution in [-0.4, -0.2) is 33.7 Å². The number of amides is 1. The van der Waals surface area contributed by atoms with E-state index in [0.717, 1.165) is 32.6 Å². The standard InChI is InChI=1S/C21H28N4O/c1-16-4-2-3-5-18(16)13-24-14-19(25-20(15-24)9-11-23-25)8-10-22-21(26)12-17-6-7-17/h2-5,9,11,17,19H,6-8,10,12-15H2,1H3,(H,22,26)/t19-/m1/s1. The second kappa shape index (κ2) is 7.62. The fourth-order valence-electron chi connectivity index (χ4n) is 3.86. The number of hydrogen-bond acceptors (Lipinski definition) is 3. The van der Waals surface area contributed by atoms with E-state index in [1.54, 1.807) is 0 Å². The molecule has 138 valence electrons. The van der Waals surface area contributed by atoms with Crippen LogP contribution in [0.4, 0.5) is 0 Å². The number of aryl methyl sites for hydroxylation is 1. The summed E-state index contributed by atoms with van der Waals surface area (Å²) in [5.74, 6) is 0.854. The molecule has 0 bridgehead atoms. The van der Waals surface area contributed by atoms with E-state index in [0.29, 0.717) is 18.4 Å². The average Bonchev–Trinajstić information content (AvgIpc) is 3.30. The maximum Gasteiger partial charge on any atom is 0.220 e. The first kappa shape index (κ1) is 17.3. The van der Waals surface area contributed by atoms with Crippen LogP contribution in [0.3, 0.4) is 0 Å². The maximum absolute atomic E-state index is 11.9. The molecule has 4 rings (SSSR count). The largest absolute Gasteiger partial charge is 0.356 e. The van der Waals surface area contributed by atoms with Gasteiger partial charge in [-0.2, -0.15) is 5.10 Å². The first-order valence-corrected chi connectivity index (χ1v) is 9.75. The summed E-state index contributed by atoms with van der Waals surface area (Å²) >= 11 is 0. The van der Waals surface area contributed by atoms with Crippen molar-refractivity contribution in [2.75, 3.05) is 13.1 Å². The highest BCUT2D eigenvalue weighted by Crippen LogP contribution is 2.32. The molecule has 1 aliphatic heterocycles. The van der Waals surface area contributed by atoms with Crippen LogP contribution in [0.2, 0.25) is 0 Å². The quantitative estimate of drug-likeness (QED) is 0.833. The summed E-state index contributed by atoms with van der Waals surface area (Å²) in [5, 5.41) is 7.63. The lowest BCUT2D eigenvalue weighted by Crippen LogP contribution is -2.39. The molecule has 1 atom stereocenters. The molecule has 2 aromatic rings. The van der Waals surface area contributed by atoms with Crippen LogP contribution < -0.4 is 5.32 Å². The molecule has 1 amide bonds. The van der Waals surface area contributed by atoms with Gasteiger partial charge in [-0.15, -0.1) is 0 Å². The summed E-state index contributed by atoms with van der Waals surface area (Å²) in [4.78, 5) is 14.4. The van der Waals surface area contributed by atoms with E-state index in [9.17, 15) is 4.79 Å². The van der Waals surface area contributed by atoms with Gasteiger partial charge in [-0.1, -0.05) is 24.3 Å². The predicted octanol–water partition coefficient (Wildman–Crippen LogP) is 3.05. The number of nitrogens with zero attached hydrogens (tertiary/aromatic N) is 3. The third-order valence-corrected chi connectivity index (χ3v) is 5.58. The van der Waals surface area contributed by atoms with Crippen molar-refractivity contribution in [2.45, 2.75) is 51.7 Å². The van der Waals surface area contributed by atoms with Crippen molar-refractivity contribution in [3.8, 4) is 0 Å². The minimum absolute atomic E-state index is 0.209. The molecule has 1 aromatic heterocycles. The van der Waals surface area contributed by atoms with E-state index in [-0.39, 0.29) is 5.91 Å². The Morgan fingerprint density at radius 1 is 1.27 bits per heavy atom. The molecule has 1 aromatic carbocycles. The van der Waals surface area contributed by atoms with Gasteiger partial charge in [0.1, 0.15) is 0 Å². The highest BCUT2D eigenvalue weighted by Gasteiger charge is 2.27. The van der Waals surface area contributed by atoms with Gasteiger partial charge in [-0.05, 0) is 49.3 Å². The van der Waals surface area contributed by atoms with Crippen LogP contribution in [0, 0.1) is 12.8 Å². The van der Waals surface area contributed by atoms with Gasteiger partial charge in [0, 0.05) is 38.8 Å². The van der Waals surface area contributed by atoms with E-state index >= 15 is 0 Å². The Balaban J connectivity index is 1.36. The van der Waals surface area contributed by atoms with Gasteiger partial charge in [-0.25, -0.2) is 0 Å². The van der Waals surface area contributed by atoms with Crippen LogP contribution in [0.25, 0.3) is 0 Å². The molecule has 1 fully saturated rings. The average molecular weight is 352 g/mol. The Kier molecular flexibility index (Phi) is 5.07. The third-order valence-electron chi connectivity index (χ3n) is 5.58. The third kappa shape index (κ3) is 4.15. The second-order valence-electron chi connectivity index (χ2n) is 7.80. The number of carbonyl (C=O) groups is 1. The van der Waals surface area contributed by atoms with Gasteiger partial charge in [0.25, 0.3) is 0 Å². The van der Waals surface area contributed by atoms with Crippen molar-refractivity contribution in [1.82, 2.24) is 20.0 Å². The van der Waals surface area contributed by atoms with Gasteiger partial charge in [0.05, 0.1) is 11.7 Å². The Labute approximate surface area is 155 Å². The van der Waals surface area contributed by atoms with E-state index in [4.69, 9.17) is 0 Å². The van der Waals surface area contributed by atoms with Gasteiger partial charge in [0.2, 0.25) is 5.91 Å². The molecule has 1 aliphatic carbocycles. The zero-order valence-electron chi connectivity index (χ0n) is 15.5. The molecule has 26 heavy (non-hydrogen) atoms. The molecular weight excluding hydrogens is 324 g/mol. The summed E-state index contributed by atoms with van der Waals surface area (Å²) < 4.78 is 2.15. The van der Waals surface area contributed by atoms with Gasteiger partial charge in [0.15, 0.2) is 0 Å². The molecule has 0 radical (unpaired) electrons. The molecule has 5 nitrogen and oxygen atoms in total. The first-order valence-electron chi connectivity index (χ1n) is 9.75. The van der Waals surface area contributed by atoms with Crippen molar-refractivity contribution >= 4 is 5.91 Å². The van der Waals surface area contributed by atoms with Crippen LogP contribution in [0.1, 0.15) is 48.5 Å². The van der Waals surface area contributed by atoms with Gasteiger partial charge < -0.3 is 5.32 Å². The lowest BCUT2D eigenvalue weighted by molar-refractivity contribution is -0.121. The van der Waals surface area contributed by atoms with Gasteiger partial charge >= 0.3 is 0 Å². The van der Waals surface area contributed by atoms with Crippen LogP contribution >= 0.6 is 0 Å². The Morgan fingerprint density at radius 2 is 2.12 bits per heavy atom. The number of rotatable bonds is 7. The lowest BCUT2D eigenvalue weighted by Gasteiger charge is -2.34. The van der Waals surface area contributed by atoms with E-state index in [2.05, 4.69) is 57.3 Å². The van der Waals surface area contributed by atoms with Crippen molar-refractivity contribution in [3.63, 3.8) is 0 Å². The van der Waals surface area contributed by atoms with E-state index in [1.807, 2.05) is 6.20 Å². The molecule has 5 heteroatoms. The molecule has 1 saturated carbocycles. The summed E-state index contributed by atoms with van der Waals surface area (Å²) in [6.07, 6.45) is 5.97. The fraction of sp³-hybridized carbons (Fsp3) is 0.524. The topological polar surface area (TPSA) is 50.2 Å². The second-order valence-corrected chi connectivity index (χ2v) is 7.80. The molecule has 0 unspecified atom stereocenters. The number of carbonyl (C=O) groups excluding carboxylic acids is 1. The molecular formula is C21H28N4O. The molecule has 1 N–H and O–H groups in total. The van der Waals surface area contributed by atoms with Crippen molar-refractivity contribution in [2.24, 2.45) is 5.92 Å². The lowest BCUT2D eigenvalue weighted by atomic mass is 10.1. The summed E-state index contributed by atoms with van der Waals surface area (Å²) in [6, 6.07) is 11.0. The summed E-state index contributed by atoms with van der Waals surface area (Å²) in [5.41, 5.74) is 3.99. The number of nitrogens with one attached hydrogen (secondary N) is 1. The van der Waals surface area contributed by atoms with E-state index in [1.165, 1.54) is 29.7 Å². The zero-order chi connectivity index (χ0) is 17.9. The molecule has 2 aliphatic rings.